The van der Waals surface area contributed by atoms with Gasteiger partial charge in [-0.15, -0.1) is 0 Å². The van der Waals surface area contributed by atoms with E-state index in [2.05, 4.69) is 6.58 Å². The number of esters is 1. The van der Waals surface area contributed by atoms with Gasteiger partial charge in [-0.2, -0.15) is 0 Å². The Morgan fingerprint density at radius 2 is 1.71 bits per heavy atom. The number of rotatable bonds is 7. The fraction of sp³-hybridized carbons (Fsp3) is 0.412. The Kier molecular flexibility index (Phi) is 5.30. The molecule has 114 valence electrons. The molecule has 0 atom stereocenters. The number of ether oxygens (including phenoxy) is 2. The fourth-order valence-corrected chi connectivity index (χ4v) is 2.34. The molecular formula is C17H22O4. The van der Waals surface area contributed by atoms with Crippen LogP contribution in [0.3, 0.4) is 0 Å². The Morgan fingerprint density at radius 1 is 1.14 bits per heavy atom. The summed E-state index contributed by atoms with van der Waals surface area (Å²) in [5.41, 5.74) is -0.606. The van der Waals surface area contributed by atoms with E-state index in [4.69, 9.17) is 9.47 Å². The summed E-state index contributed by atoms with van der Waals surface area (Å²) in [4.78, 5) is 22.0. The number of aldehydes is 1. The van der Waals surface area contributed by atoms with E-state index in [-0.39, 0.29) is 0 Å². The van der Waals surface area contributed by atoms with Crippen LogP contribution in [0.25, 0.3) is 0 Å². The highest BCUT2D eigenvalue weighted by Gasteiger charge is 2.33. The van der Waals surface area contributed by atoms with Gasteiger partial charge in [0.1, 0.15) is 23.2 Å². The van der Waals surface area contributed by atoms with Crippen molar-refractivity contribution < 1.29 is 19.1 Å². The first-order chi connectivity index (χ1) is 9.67. The molecular weight excluding hydrogens is 268 g/mol. The maximum Gasteiger partial charge on any atom is 0.330 e. The van der Waals surface area contributed by atoms with E-state index in [1.165, 1.54) is 0 Å². The molecule has 1 aromatic rings. The van der Waals surface area contributed by atoms with Crippen LogP contribution < -0.4 is 4.74 Å². The zero-order valence-corrected chi connectivity index (χ0v) is 13.0. The van der Waals surface area contributed by atoms with Crippen LogP contribution in [0.15, 0.2) is 36.9 Å². The minimum atomic E-state index is -0.669. The second-order valence-corrected chi connectivity index (χ2v) is 6.11. The van der Waals surface area contributed by atoms with Crippen LogP contribution in [0.5, 0.6) is 5.75 Å². The van der Waals surface area contributed by atoms with Crippen molar-refractivity contribution in [2.45, 2.75) is 45.3 Å². The molecule has 21 heavy (non-hydrogen) atoms. The number of carbonyl (C=O) groups is 2. The van der Waals surface area contributed by atoms with Crippen LogP contribution >= 0.6 is 0 Å². The lowest BCUT2D eigenvalue weighted by atomic mass is 9.92. The first-order valence-corrected chi connectivity index (χ1v) is 6.77. The molecule has 0 bridgehead atoms. The second kappa shape index (κ2) is 6.57. The summed E-state index contributed by atoms with van der Waals surface area (Å²) >= 11 is 0. The topological polar surface area (TPSA) is 52.6 Å². The largest absolute Gasteiger partial charge is 0.488 e. The van der Waals surface area contributed by atoms with Gasteiger partial charge in [0.25, 0.3) is 0 Å². The molecule has 0 saturated heterocycles. The Balaban J connectivity index is 2.73. The van der Waals surface area contributed by atoms with Crippen LogP contribution in [0.2, 0.25) is 0 Å². The number of benzene rings is 1. The molecule has 1 aromatic carbocycles. The second-order valence-electron chi connectivity index (χ2n) is 6.11. The molecule has 0 saturated carbocycles. The maximum atomic E-state index is 11.3. The average molecular weight is 290 g/mol. The SMILES string of the molecule is C=CC(=O)OC(C)(C)CC(C)(C)Oc1ccc(C=O)cc1. The lowest BCUT2D eigenvalue weighted by Crippen LogP contribution is -2.40. The third-order valence-electron chi connectivity index (χ3n) is 2.81. The molecule has 0 amide bonds. The molecule has 1 rings (SSSR count). The maximum absolute atomic E-state index is 11.3. The predicted octanol–water partition coefficient (Wildman–Crippen LogP) is 3.55. The Hall–Kier alpha value is -2.10. The quantitative estimate of drug-likeness (QED) is 0.438. The first kappa shape index (κ1) is 17.0. The van der Waals surface area contributed by atoms with Gasteiger partial charge in [0.15, 0.2) is 0 Å². The van der Waals surface area contributed by atoms with Gasteiger partial charge < -0.3 is 9.47 Å². The molecule has 0 aliphatic rings. The molecule has 0 aliphatic carbocycles. The summed E-state index contributed by atoms with van der Waals surface area (Å²) in [6.07, 6.45) is 2.44. The van der Waals surface area contributed by atoms with Crippen LogP contribution in [0.1, 0.15) is 44.5 Å². The van der Waals surface area contributed by atoms with Crippen LogP contribution in [0, 0.1) is 0 Å². The van der Waals surface area contributed by atoms with Gasteiger partial charge in [0, 0.05) is 18.1 Å². The number of carbonyl (C=O) groups excluding carboxylic acids is 2. The van der Waals surface area contributed by atoms with E-state index in [1.807, 2.05) is 27.7 Å². The van der Waals surface area contributed by atoms with E-state index < -0.39 is 17.2 Å². The summed E-state index contributed by atoms with van der Waals surface area (Å²) in [5.74, 6) is 0.211. The minimum absolute atomic E-state index is 0.453. The van der Waals surface area contributed by atoms with Crippen molar-refractivity contribution in [2.24, 2.45) is 0 Å². The molecule has 0 spiro atoms. The van der Waals surface area contributed by atoms with E-state index in [1.54, 1.807) is 24.3 Å². The normalized spacial score (nSPS) is 11.6. The van der Waals surface area contributed by atoms with Crippen molar-refractivity contribution in [3.8, 4) is 5.75 Å². The highest BCUT2D eigenvalue weighted by Crippen LogP contribution is 2.28. The van der Waals surface area contributed by atoms with Crippen molar-refractivity contribution >= 4 is 12.3 Å². The monoisotopic (exact) mass is 290 g/mol. The molecule has 0 N–H and O–H groups in total. The van der Waals surface area contributed by atoms with Crippen molar-refractivity contribution in [3.05, 3.63) is 42.5 Å². The van der Waals surface area contributed by atoms with Gasteiger partial charge in [0.2, 0.25) is 0 Å². The van der Waals surface area contributed by atoms with Crippen molar-refractivity contribution in [1.82, 2.24) is 0 Å². The summed E-state index contributed by atoms with van der Waals surface area (Å²) in [6.45, 7) is 10.9. The van der Waals surface area contributed by atoms with Gasteiger partial charge in [-0.05, 0) is 52.0 Å². The smallest absolute Gasteiger partial charge is 0.330 e. The van der Waals surface area contributed by atoms with Gasteiger partial charge in [-0.1, -0.05) is 6.58 Å². The van der Waals surface area contributed by atoms with E-state index >= 15 is 0 Å². The molecule has 0 aliphatic heterocycles. The lowest BCUT2D eigenvalue weighted by Gasteiger charge is -2.34. The summed E-state index contributed by atoms with van der Waals surface area (Å²) in [6, 6.07) is 6.88. The van der Waals surface area contributed by atoms with Gasteiger partial charge in [0.05, 0.1) is 0 Å². The molecule has 0 radical (unpaired) electrons. The van der Waals surface area contributed by atoms with Crippen molar-refractivity contribution in [2.75, 3.05) is 0 Å². The van der Waals surface area contributed by atoms with Crippen molar-refractivity contribution in [3.63, 3.8) is 0 Å². The standard InChI is InChI=1S/C17H22O4/c1-6-15(19)21-17(4,5)12-16(2,3)20-14-9-7-13(11-18)8-10-14/h6-11H,1,12H2,2-5H3. The third-order valence-corrected chi connectivity index (χ3v) is 2.81. The van der Waals surface area contributed by atoms with Crippen LogP contribution in [0.4, 0.5) is 0 Å². The van der Waals surface area contributed by atoms with E-state index in [0.29, 0.717) is 17.7 Å². The zero-order chi connectivity index (χ0) is 16.1. The molecule has 4 nitrogen and oxygen atoms in total. The number of hydrogen-bond donors (Lipinski definition) is 0. The Bertz CT molecular complexity index is 512. The molecule has 0 heterocycles. The summed E-state index contributed by atoms with van der Waals surface area (Å²) < 4.78 is 11.2. The average Bonchev–Trinajstić information content (AvgIpc) is 2.36. The van der Waals surface area contributed by atoms with Crippen LogP contribution in [-0.2, 0) is 9.53 Å². The molecule has 4 heteroatoms. The van der Waals surface area contributed by atoms with Gasteiger partial charge in [-0.3, -0.25) is 4.79 Å². The predicted molar refractivity (Wildman–Crippen MR) is 81.5 cm³/mol. The zero-order valence-electron chi connectivity index (χ0n) is 13.0. The van der Waals surface area contributed by atoms with E-state index in [0.717, 1.165) is 12.4 Å². The highest BCUT2D eigenvalue weighted by molar-refractivity contribution is 5.81. The first-order valence-electron chi connectivity index (χ1n) is 6.77. The summed E-state index contributed by atoms with van der Waals surface area (Å²) in [7, 11) is 0. The summed E-state index contributed by atoms with van der Waals surface area (Å²) in [5, 5.41) is 0. The van der Waals surface area contributed by atoms with Crippen LogP contribution in [-0.4, -0.2) is 23.5 Å². The lowest BCUT2D eigenvalue weighted by molar-refractivity contribution is -0.154. The Labute approximate surface area is 125 Å². The highest BCUT2D eigenvalue weighted by atomic mass is 16.6. The third kappa shape index (κ3) is 5.81. The van der Waals surface area contributed by atoms with Crippen molar-refractivity contribution in [1.29, 1.82) is 0 Å². The molecule has 0 aromatic heterocycles. The van der Waals surface area contributed by atoms with E-state index in [9.17, 15) is 9.59 Å². The Morgan fingerprint density at radius 3 is 2.19 bits per heavy atom. The van der Waals surface area contributed by atoms with Gasteiger partial charge >= 0.3 is 5.97 Å². The number of hydrogen-bond acceptors (Lipinski definition) is 4. The fourth-order valence-electron chi connectivity index (χ4n) is 2.34. The molecule has 0 unspecified atom stereocenters. The minimum Gasteiger partial charge on any atom is -0.488 e. The van der Waals surface area contributed by atoms with Gasteiger partial charge in [-0.25, -0.2) is 4.79 Å². The molecule has 0 fully saturated rings.